The van der Waals surface area contributed by atoms with Gasteiger partial charge in [-0.05, 0) is 55.3 Å². The highest BCUT2D eigenvalue weighted by Crippen LogP contribution is 2.36. The predicted octanol–water partition coefficient (Wildman–Crippen LogP) is 4.18. The molecule has 0 saturated carbocycles. The number of amides is 2. The molecule has 1 heterocycles. The van der Waals surface area contributed by atoms with Crippen LogP contribution in [0, 0.1) is 6.92 Å². The Bertz CT molecular complexity index is 1020. The van der Waals surface area contributed by atoms with Crippen LogP contribution in [0.3, 0.4) is 0 Å². The summed E-state index contributed by atoms with van der Waals surface area (Å²) in [6.45, 7) is 6.33. The van der Waals surface area contributed by atoms with E-state index in [0.29, 0.717) is 66.2 Å². The molecular formula is C24H27ClN2O5. The molecule has 170 valence electrons. The predicted molar refractivity (Wildman–Crippen MR) is 125 cm³/mol. The molecule has 8 heteroatoms. The molecule has 0 atom stereocenters. The Morgan fingerprint density at radius 1 is 1.25 bits per heavy atom. The van der Waals surface area contributed by atoms with Crippen LogP contribution < -0.4 is 14.8 Å². The Kier molecular flexibility index (Phi) is 8.14. The molecule has 7 nitrogen and oxygen atoms in total. The van der Waals surface area contributed by atoms with E-state index in [4.69, 9.17) is 25.8 Å². The SMILES string of the molecule is CCOc1c(Cl)cc(/C=C/C(=O)Nc2cccc(C(=O)N3CCOCC3)c2C)cc1OC. The van der Waals surface area contributed by atoms with Gasteiger partial charge in [0.05, 0.1) is 32.0 Å². The van der Waals surface area contributed by atoms with Crippen LogP contribution in [-0.2, 0) is 9.53 Å². The van der Waals surface area contributed by atoms with Crippen molar-refractivity contribution in [3.05, 3.63) is 58.1 Å². The first-order valence-corrected chi connectivity index (χ1v) is 10.8. The van der Waals surface area contributed by atoms with Crippen molar-refractivity contribution in [3.8, 4) is 11.5 Å². The highest BCUT2D eigenvalue weighted by Gasteiger charge is 2.21. The largest absolute Gasteiger partial charge is 0.493 e. The lowest BCUT2D eigenvalue weighted by Gasteiger charge is -2.27. The summed E-state index contributed by atoms with van der Waals surface area (Å²) in [6, 6.07) is 8.75. The van der Waals surface area contributed by atoms with E-state index in [2.05, 4.69) is 5.32 Å². The molecule has 2 aromatic rings. The topological polar surface area (TPSA) is 77.1 Å². The number of morpholine rings is 1. The van der Waals surface area contributed by atoms with E-state index in [-0.39, 0.29) is 11.8 Å². The van der Waals surface area contributed by atoms with Gasteiger partial charge in [-0.2, -0.15) is 0 Å². The van der Waals surface area contributed by atoms with Gasteiger partial charge >= 0.3 is 0 Å². The maximum atomic E-state index is 12.8. The third-order valence-corrected chi connectivity index (χ3v) is 5.37. The number of hydrogen-bond acceptors (Lipinski definition) is 5. The fraction of sp³-hybridized carbons (Fsp3) is 0.333. The van der Waals surface area contributed by atoms with Gasteiger partial charge in [-0.1, -0.05) is 17.7 Å². The molecule has 32 heavy (non-hydrogen) atoms. The normalized spacial score (nSPS) is 13.8. The maximum Gasteiger partial charge on any atom is 0.254 e. The Hall–Kier alpha value is -3.03. The second-order valence-electron chi connectivity index (χ2n) is 7.17. The molecule has 0 unspecified atom stereocenters. The first-order chi connectivity index (χ1) is 15.4. The van der Waals surface area contributed by atoms with Crippen molar-refractivity contribution in [2.24, 2.45) is 0 Å². The average molecular weight is 459 g/mol. The van der Waals surface area contributed by atoms with E-state index in [1.807, 2.05) is 13.8 Å². The van der Waals surface area contributed by atoms with Gasteiger partial charge in [0.25, 0.3) is 5.91 Å². The number of halogens is 1. The van der Waals surface area contributed by atoms with E-state index in [1.54, 1.807) is 41.3 Å². The molecule has 1 N–H and O–H groups in total. The van der Waals surface area contributed by atoms with Crippen LogP contribution in [0.25, 0.3) is 6.08 Å². The van der Waals surface area contributed by atoms with Gasteiger partial charge in [-0.15, -0.1) is 0 Å². The lowest BCUT2D eigenvalue weighted by Crippen LogP contribution is -2.41. The van der Waals surface area contributed by atoms with Crippen molar-refractivity contribution < 1.29 is 23.8 Å². The number of hydrogen-bond donors (Lipinski definition) is 1. The molecule has 0 aromatic heterocycles. The lowest BCUT2D eigenvalue weighted by atomic mass is 10.0. The van der Waals surface area contributed by atoms with Gasteiger partial charge in [-0.25, -0.2) is 0 Å². The minimum absolute atomic E-state index is 0.0615. The van der Waals surface area contributed by atoms with Crippen molar-refractivity contribution >= 4 is 35.2 Å². The van der Waals surface area contributed by atoms with E-state index >= 15 is 0 Å². The van der Waals surface area contributed by atoms with Crippen molar-refractivity contribution in [1.29, 1.82) is 0 Å². The Morgan fingerprint density at radius 3 is 2.69 bits per heavy atom. The fourth-order valence-electron chi connectivity index (χ4n) is 3.41. The minimum atomic E-state index is -0.326. The molecule has 1 aliphatic rings. The fourth-order valence-corrected chi connectivity index (χ4v) is 3.68. The molecule has 1 aliphatic heterocycles. The summed E-state index contributed by atoms with van der Waals surface area (Å²) in [5.74, 6) is 0.571. The van der Waals surface area contributed by atoms with Crippen molar-refractivity contribution in [3.63, 3.8) is 0 Å². The zero-order valence-electron chi connectivity index (χ0n) is 18.4. The summed E-state index contributed by atoms with van der Waals surface area (Å²) in [7, 11) is 1.53. The molecule has 2 amide bonds. The number of nitrogens with one attached hydrogen (secondary N) is 1. The second-order valence-corrected chi connectivity index (χ2v) is 7.58. The zero-order chi connectivity index (χ0) is 23.1. The maximum absolute atomic E-state index is 12.8. The first kappa shape index (κ1) is 23.6. The van der Waals surface area contributed by atoms with Crippen molar-refractivity contribution in [2.75, 3.05) is 45.3 Å². The van der Waals surface area contributed by atoms with Crippen molar-refractivity contribution in [1.82, 2.24) is 4.90 Å². The number of carbonyl (C=O) groups is 2. The van der Waals surface area contributed by atoms with Crippen LogP contribution in [0.2, 0.25) is 5.02 Å². The standard InChI is InChI=1S/C24H27ClN2O5/c1-4-32-23-19(25)14-17(15-21(23)30-3)8-9-22(28)26-20-7-5-6-18(16(20)2)24(29)27-10-12-31-13-11-27/h5-9,14-15H,4,10-13H2,1-3H3,(H,26,28)/b9-8+. The lowest BCUT2D eigenvalue weighted by molar-refractivity contribution is -0.111. The molecule has 0 radical (unpaired) electrons. The highest BCUT2D eigenvalue weighted by molar-refractivity contribution is 6.32. The summed E-state index contributed by atoms with van der Waals surface area (Å²) in [6.07, 6.45) is 3.04. The van der Waals surface area contributed by atoms with Crippen LogP contribution in [0.4, 0.5) is 5.69 Å². The van der Waals surface area contributed by atoms with Crippen LogP contribution in [0.1, 0.15) is 28.4 Å². The quantitative estimate of drug-likeness (QED) is 0.630. The van der Waals surface area contributed by atoms with E-state index in [0.717, 1.165) is 5.56 Å². The molecule has 2 aromatic carbocycles. The van der Waals surface area contributed by atoms with E-state index in [9.17, 15) is 9.59 Å². The molecule has 3 rings (SSSR count). The Labute approximate surface area is 192 Å². The summed E-state index contributed by atoms with van der Waals surface area (Å²) in [5, 5.41) is 3.24. The van der Waals surface area contributed by atoms with Gasteiger partial charge in [0.1, 0.15) is 0 Å². The van der Waals surface area contributed by atoms with Crippen molar-refractivity contribution in [2.45, 2.75) is 13.8 Å². The van der Waals surface area contributed by atoms with Crippen LogP contribution in [0.15, 0.2) is 36.4 Å². The molecule has 1 fully saturated rings. The summed E-state index contributed by atoms with van der Waals surface area (Å²) < 4.78 is 16.2. The van der Waals surface area contributed by atoms with Gasteiger partial charge in [0.15, 0.2) is 11.5 Å². The van der Waals surface area contributed by atoms with Gasteiger partial charge < -0.3 is 24.4 Å². The van der Waals surface area contributed by atoms with Gasteiger partial charge in [0, 0.05) is 30.4 Å². The van der Waals surface area contributed by atoms with Crippen LogP contribution >= 0.6 is 11.6 Å². The molecule has 0 spiro atoms. The smallest absolute Gasteiger partial charge is 0.254 e. The molecule has 0 bridgehead atoms. The number of rotatable bonds is 7. The number of carbonyl (C=O) groups excluding carboxylic acids is 2. The Morgan fingerprint density at radius 2 is 2.00 bits per heavy atom. The van der Waals surface area contributed by atoms with Gasteiger partial charge in [0.2, 0.25) is 5.91 Å². The zero-order valence-corrected chi connectivity index (χ0v) is 19.2. The molecule has 0 aliphatic carbocycles. The number of ether oxygens (including phenoxy) is 3. The number of methoxy groups -OCH3 is 1. The summed E-state index contributed by atoms with van der Waals surface area (Å²) >= 11 is 6.29. The number of nitrogens with zero attached hydrogens (tertiary/aromatic N) is 1. The summed E-state index contributed by atoms with van der Waals surface area (Å²) in [5.41, 5.74) is 2.56. The van der Waals surface area contributed by atoms with Crippen LogP contribution in [-0.4, -0.2) is 56.7 Å². The van der Waals surface area contributed by atoms with E-state index < -0.39 is 0 Å². The van der Waals surface area contributed by atoms with Crippen LogP contribution in [0.5, 0.6) is 11.5 Å². The average Bonchev–Trinajstić information content (AvgIpc) is 2.80. The van der Waals surface area contributed by atoms with Gasteiger partial charge in [-0.3, -0.25) is 9.59 Å². The second kappa shape index (κ2) is 11.0. The summed E-state index contributed by atoms with van der Waals surface area (Å²) in [4.78, 5) is 27.1. The highest BCUT2D eigenvalue weighted by atomic mass is 35.5. The monoisotopic (exact) mass is 458 g/mol. The third-order valence-electron chi connectivity index (χ3n) is 5.09. The third kappa shape index (κ3) is 5.60. The number of anilines is 1. The first-order valence-electron chi connectivity index (χ1n) is 10.4. The number of benzene rings is 2. The Balaban J connectivity index is 1.73. The molecular weight excluding hydrogens is 432 g/mol. The van der Waals surface area contributed by atoms with E-state index in [1.165, 1.54) is 13.2 Å². The minimum Gasteiger partial charge on any atom is -0.493 e. The molecule has 1 saturated heterocycles.